The summed E-state index contributed by atoms with van der Waals surface area (Å²) in [5.41, 5.74) is 0.604. The molecule has 0 fully saturated rings. The first kappa shape index (κ1) is 15.7. The Morgan fingerprint density at radius 3 is 2.95 bits per heavy atom. The van der Waals surface area contributed by atoms with Gasteiger partial charge in [0.15, 0.2) is 0 Å². The van der Waals surface area contributed by atoms with Gasteiger partial charge in [-0.25, -0.2) is 4.98 Å². The fourth-order valence-electron chi connectivity index (χ4n) is 2.14. The second-order valence-electron chi connectivity index (χ2n) is 5.21. The number of hydrogen-bond donors (Lipinski definition) is 2. The normalized spacial score (nSPS) is 11.6. The Labute approximate surface area is 126 Å². The van der Waals surface area contributed by atoms with Crippen LogP contribution in [0.15, 0.2) is 16.2 Å². The summed E-state index contributed by atoms with van der Waals surface area (Å²) in [6, 6.07) is 2.09. The molecule has 0 aliphatic carbocycles. The van der Waals surface area contributed by atoms with Crippen molar-refractivity contribution in [3.05, 3.63) is 27.6 Å². The third-order valence-corrected chi connectivity index (χ3v) is 4.19. The molecular weight excluding hydrogens is 290 g/mol. The summed E-state index contributed by atoms with van der Waals surface area (Å²) < 4.78 is 0.640. The Balaban J connectivity index is 2.10. The van der Waals surface area contributed by atoms with Crippen molar-refractivity contribution in [2.75, 3.05) is 6.54 Å². The van der Waals surface area contributed by atoms with Gasteiger partial charge in [0, 0.05) is 12.5 Å². The van der Waals surface area contributed by atoms with Gasteiger partial charge < -0.3 is 10.1 Å². The molecule has 2 heterocycles. The van der Waals surface area contributed by atoms with Crippen molar-refractivity contribution in [1.82, 2.24) is 14.9 Å². The first-order valence-electron chi connectivity index (χ1n) is 6.89. The summed E-state index contributed by atoms with van der Waals surface area (Å²) in [5, 5.41) is 10.6. The lowest BCUT2D eigenvalue weighted by atomic mass is 10.2. The maximum absolute atomic E-state index is 11.9. The van der Waals surface area contributed by atoms with Crippen molar-refractivity contribution in [1.29, 1.82) is 0 Å². The number of aromatic nitrogens is 2. The van der Waals surface area contributed by atoms with Crippen LogP contribution in [0.25, 0.3) is 10.2 Å². The van der Waals surface area contributed by atoms with E-state index in [1.807, 2.05) is 25.3 Å². The molecule has 0 unspecified atom stereocenters. The number of thiophene rings is 1. The van der Waals surface area contributed by atoms with Crippen LogP contribution in [0.3, 0.4) is 0 Å². The summed E-state index contributed by atoms with van der Waals surface area (Å²) in [4.78, 5) is 31.9. The number of hydrogen-bond acceptors (Lipinski definition) is 5. The lowest BCUT2D eigenvalue weighted by Gasteiger charge is -2.25. The van der Waals surface area contributed by atoms with Gasteiger partial charge in [-0.15, -0.1) is 11.3 Å². The molecule has 2 rings (SSSR count). The van der Waals surface area contributed by atoms with Crippen molar-refractivity contribution >= 4 is 27.5 Å². The van der Waals surface area contributed by atoms with E-state index in [9.17, 15) is 9.59 Å². The number of rotatable bonds is 7. The Morgan fingerprint density at radius 2 is 2.29 bits per heavy atom. The second-order valence-corrected chi connectivity index (χ2v) is 6.13. The van der Waals surface area contributed by atoms with Gasteiger partial charge in [-0.2, -0.15) is 0 Å². The summed E-state index contributed by atoms with van der Waals surface area (Å²) in [6.45, 7) is 5.26. The van der Waals surface area contributed by atoms with Crippen molar-refractivity contribution in [3.63, 3.8) is 0 Å². The summed E-state index contributed by atoms with van der Waals surface area (Å²) in [6.07, 6.45) is 0.731. The molecule has 2 aromatic heterocycles. The SMILES string of the molecule is CC(C)N(CCCC(=O)O)Cc1nc2ccsc2c(=O)[nH]1. The Morgan fingerprint density at radius 1 is 1.52 bits per heavy atom. The van der Waals surface area contributed by atoms with Crippen molar-refractivity contribution in [2.24, 2.45) is 0 Å². The van der Waals surface area contributed by atoms with Gasteiger partial charge in [0.2, 0.25) is 0 Å². The molecule has 6 nitrogen and oxygen atoms in total. The number of nitrogens with one attached hydrogen (secondary N) is 1. The maximum atomic E-state index is 11.9. The number of carboxylic acids is 1. The number of carbonyl (C=O) groups is 1. The van der Waals surface area contributed by atoms with Gasteiger partial charge in [-0.3, -0.25) is 14.5 Å². The van der Waals surface area contributed by atoms with E-state index in [1.54, 1.807) is 0 Å². The molecule has 0 aliphatic rings. The largest absolute Gasteiger partial charge is 0.481 e. The molecule has 0 bridgehead atoms. The van der Waals surface area contributed by atoms with Gasteiger partial charge in [0.1, 0.15) is 10.5 Å². The van der Waals surface area contributed by atoms with E-state index in [4.69, 9.17) is 5.11 Å². The number of aliphatic carboxylic acids is 1. The van der Waals surface area contributed by atoms with Crippen LogP contribution in [0.2, 0.25) is 0 Å². The first-order chi connectivity index (χ1) is 9.97. The molecule has 21 heavy (non-hydrogen) atoms. The standard InChI is InChI=1S/C14H19N3O3S/c1-9(2)17(6-3-4-12(18)19)8-11-15-10-5-7-21-13(10)14(20)16-11/h5,7,9H,3-4,6,8H2,1-2H3,(H,18,19)(H,15,16,20). The highest BCUT2D eigenvalue weighted by molar-refractivity contribution is 7.17. The Hall–Kier alpha value is -1.73. The lowest BCUT2D eigenvalue weighted by Crippen LogP contribution is -2.33. The fraction of sp³-hybridized carbons (Fsp3) is 0.500. The van der Waals surface area contributed by atoms with Gasteiger partial charge in [-0.1, -0.05) is 0 Å². The monoisotopic (exact) mass is 309 g/mol. The van der Waals surface area contributed by atoms with E-state index >= 15 is 0 Å². The van der Waals surface area contributed by atoms with Crippen LogP contribution < -0.4 is 5.56 Å². The van der Waals surface area contributed by atoms with Crippen LogP contribution in [0.5, 0.6) is 0 Å². The number of aromatic amines is 1. The highest BCUT2D eigenvalue weighted by atomic mass is 32.1. The zero-order valence-electron chi connectivity index (χ0n) is 12.1. The molecule has 0 aromatic carbocycles. The van der Waals surface area contributed by atoms with E-state index in [0.29, 0.717) is 35.6 Å². The lowest BCUT2D eigenvalue weighted by molar-refractivity contribution is -0.137. The first-order valence-corrected chi connectivity index (χ1v) is 7.77. The average molecular weight is 309 g/mol. The molecule has 0 saturated heterocycles. The van der Waals surface area contributed by atoms with E-state index in [1.165, 1.54) is 11.3 Å². The molecule has 2 aromatic rings. The predicted octanol–water partition coefficient (Wildman–Crippen LogP) is 2.06. The third kappa shape index (κ3) is 4.12. The molecule has 0 radical (unpaired) electrons. The van der Waals surface area contributed by atoms with Crippen molar-refractivity contribution < 1.29 is 9.90 Å². The van der Waals surface area contributed by atoms with Crippen molar-refractivity contribution in [3.8, 4) is 0 Å². The van der Waals surface area contributed by atoms with E-state index in [2.05, 4.69) is 14.9 Å². The summed E-state index contributed by atoms with van der Waals surface area (Å²) in [7, 11) is 0. The minimum absolute atomic E-state index is 0.112. The van der Waals surface area contributed by atoms with Gasteiger partial charge in [0.25, 0.3) is 5.56 Å². The minimum atomic E-state index is -0.787. The van der Waals surface area contributed by atoms with Crippen molar-refractivity contribution in [2.45, 2.75) is 39.3 Å². The molecule has 0 amide bonds. The average Bonchev–Trinajstić information content (AvgIpc) is 2.85. The molecule has 114 valence electrons. The number of H-pyrrole nitrogens is 1. The van der Waals surface area contributed by atoms with Gasteiger partial charge in [0.05, 0.1) is 12.1 Å². The molecular formula is C14H19N3O3S. The highest BCUT2D eigenvalue weighted by Crippen LogP contribution is 2.14. The molecule has 2 N–H and O–H groups in total. The smallest absolute Gasteiger partial charge is 0.303 e. The maximum Gasteiger partial charge on any atom is 0.303 e. The summed E-state index contributed by atoms with van der Waals surface area (Å²) in [5.74, 6) is -0.167. The summed E-state index contributed by atoms with van der Waals surface area (Å²) >= 11 is 1.38. The fourth-order valence-corrected chi connectivity index (χ4v) is 2.87. The van der Waals surface area contributed by atoms with Crippen LogP contribution in [-0.4, -0.2) is 38.5 Å². The van der Waals surface area contributed by atoms with Crippen LogP contribution >= 0.6 is 11.3 Å². The van der Waals surface area contributed by atoms with Gasteiger partial charge >= 0.3 is 5.97 Å². The zero-order valence-corrected chi connectivity index (χ0v) is 12.9. The van der Waals surface area contributed by atoms with Crippen LogP contribution in [-0.2, 0) is 11.3 Å². The van der Waals surface area contributed by atoms with Crippen LogP contribution in [0.4, 0.5) is 0 Å². The minimum Gasteiger partial charge on any atom is -0.481 e. The number of fused-ring (bicyclic) bond motifs is 1. The molecule has 0 aliphatic heterocycles. The third-order valence-electron chi connectivity index (χ3n) is 3.28. The second kappa shape index (κ2) is 6.82. The van der Waals surface area contributed by atoms with E-state index in [-0.39, 0.29) is 18.0 Å². The van der Waals surface area contributed by atoms with E-state index in [0.717, 1.165) is 0 Å². The Bertz CT molecular complexity index is 677. The quantitative estimate of drug-likeness (QED) is 0.817. The number of nitrogens with zero attached hydrogens (tertiary/aromatic N) is 2. The molecule has 0 saturated carbocycles. The zero-order chi connectivity index (χ0) is 15.4. The molecule has 7 heteroatoms. The topological polar surface area (TPSA) is 86.3 Å². The van der Waals surface area contributed by atoms with Gasteiger partial charge in [-0.05, 0) is 38.3 Å². The highest BCUT2D eigenvalue weighted by Gasteiger charge is 2.13. The molecule has 0 spiro atoms. The molecule has 0 atom stereocenters. The van der Waals surface area contributed by atoms with Crippen LogP contribution in [0.1, 0.15) is 32.5 Å². The Kier molecular flexibility index (Phi) is 5.08. The van der Waals surface area contributed by atoms with E-state index < -0.39 is 5.97 Å². The van der Waals surface area contributed by atoms with Crippen LogP contribution in [0, 0.1) is 0 Å². The number of carboxylic acid groups (broad SMARTS) is 1. The predicted molar refractivity (Wildman–Crippen MR) is 82.7 cm³/mol.